The Bertz CT molecular complexity index is 1060. The lowest BCUT2D eigenvalue weighted by Crippen LogP contribution is -2.30. The van der Waals surface area contributed by atoms with E-state index in [2.05, 4.69) is 66.4 Å². The summed E-state index contributed by atoms with van der Waals surface area (Å²) in [6.45, 7) is 10.7. The van der Waals surface area contributed by atoms with Gasteiger partial charge < -0.3 is 10.3 Å². The molecule has 1 saturated heterocycles. The highest BCUT2D eigenvalue weighted by atomic mass is 16.1. The molecule has 4 nitrogen and oxygen atoms in total. The number of H-pyrrole nitrogens is 1. The predicted molar refractivity (Wildman–Crippen MR) is 129 cm³/mol. The van der Waals surface area contributed by atoms with Gasteiger partial charge in [0.1, 0.15) is 5.78 Å². The van der Waals surface area contributed by atoms with Crippen LogP contribution in [-0.2, 0) is 4.79 Å². The highest BCUT2D eigenvalue weighted by Gasteiger charge is 2.21. The Labute approximate surface area is 185 Å². The van der Waals surface area contributed by atoms with Gasteiger partial charge >= 0.3 is 0 Å². The lowest BCUT2D eigenvalue weighted by molar-refractivity contribution is -0.120. The summed E-state index contributed by atoms with van der Waals surface area (Å²) >= 11 is 0. The first-order valence-electron chi connectivity index (χ1n) is 11.8. The second-order valence-electron chi connectivity index (χ2n) is 9.50. The zero-order chi connectivity index (χ0) is 22.0. The molecule has 2 aromatic heterocycles. The van der Waals surface area contributed by atoms with Crippen LogP contribution in [0.1, 0.15) is 75.1 Å². The quantitative estimate of drug-likeness (QED) is 0.487. The number of carbonyl (C=O) groups excluding carboxylic acids is 1. The molecule has 1 aromatic carbocycles. The Morgan fingerprint density at radius 3 is 2.74 bits per heavy atom. The number of Topliss-reactive ketones (excluding diaryl/α,β-unsaturated/α-hetero) is 1. The Morgan fingerprint density at radius 1 is 1.19 bits per heavy atom. The van der Waals surface area contributed by atoms with Crippen molar-refractivity contribution in [1.29, 1.82) is 0 Å². The van der Waals surface area contributed by atoms with Crippen molar-refractivity contribution >= 4 is 16.7 Å². The highest BCUT2D eigenvalue weighted by molar-refractivity contribution is 5.93. The number of rotatable bonds is 7. The van der Waals surface area contributed by atoms with Gasteiger partial charge in [-0.1, -0.05) is 26.8 Å². The van der Waals surface area contributed by atoms with Crippen LogP contribution in [0, 0.1) is 12.8 Å². The van der Waals surface area contributed by atoms with Crippen LogP contribution in [0.15, 0.2) is 36.5 Å². The van der Waals surface area contributed by atoms with Crippen molar-refractivity contribution in [2.75, 3.05) is 13.1 Å². The number of benzene rings is 1. The molecule has 0 bridgehead atoms. The fraction of sp³-hybridized carbons (Fsp3) is 0.481. The van der Waals surface area contributed by atoms with Gasteiger partial charge in [0.05, 0.1) is 5.69 Å². The molecule has 2 atom stereocenters. The third kappa shape index (κ3) is 4.74. The van der Waals surface area contributed by atoms with Crippen molar-refractivity contribution in [2.45, 2.75) is 65.2 Å². The largest absolute Gasteiger partial charge is 0.354 e. The summed E-state index contributed by atoms with van der Waals surface area (Å²) in [5, 5.41) is 4.69. The van der Waals surface area contributed by atoms with E-state index in [1.807, 2.05) is 13.1 Å². The van der Waals surface area contributed by atoms with Gasteiger partial charge in [0.25, 0.3) is 0 Å². The molecule has 1 aliphatic rings. The first kappa shape index (κ1) is 21.8. The van der Waals surface area contributed by atoms with Gasteiger partial charge in [-0.05, 0) is 86.5 Å². The molecule has 3 aromatic rings. The molecular weight excluding hydrogens is 382 g/mol. The van der Waals surface area contributed by atoms with Gasteiger partial charge in [0, 0.05) is 40.7 Å². The van der Waals surface area contributed by atoms with E-state index < -0.39 is 0 Å². The number of aryl methyl sites for hydroxylation is 1. The van der Waals surface area contributed by atoms with Crippen LogP contribution in [0.4, 0.5) is 0 Å². The molecule has 1 aliphatic heterocycles. The normalized spacial score (nSPS) is 17.9. The molecule has 31 heavy (non-hydrogen) atoms. The first-order valence-corrected chi connectivity index (χ1v) is 11.8. The summed E-state index contributed by atoms with van der Waals surface area (Å²) in [4.78, 5) is 20.9. The van der Waals surface area contributed by atoms with E-state index in [0.29, 0.717) is 24.0 Å². The average Bonchev–Trinajstić information content (AvgIpc) is 3.17. The lowest BCUT2D eigenvalue weighted by Gasteiger charge is -2.22. The van der Waals surface area contributed by atoms with Crippen LogP contribution < -0.4 is 5.32 Å². The van der Waals surface area contributed by atoms with Crippen LogP contribution in [0.2, 0.25) is 0 Å². The van der Waals surface area contributed by atoms with Crippen LogP contribution in [0.25, 0.3) is 22.2 Å². The third-order valence-corrected chi connectivity index (χ3v) is 6.81. The van der Waals surface area contributed by atoms with Gasteiger partial charge in [-0.2, -0.15) is 0 Å². The number of carbonyl (C=O) groups is 1. The molecule has 0 saturated carbocycles. The average molecular weight is 418 g/mol. The number of hydrogen-bond donors (Lipinski definition) is 2. The maximum atomic E-state index is 13.0. The molecule has 4 heteroatoms. The summed E-state index contributed by atoms with van der Waals surface area (Å²) < 4.78 is 0. The Balaban J connectivity index is 1.60. The maximum Gasteiger partial charge on any atom is 0.140 e. The number of hydrogen-bond acceptors (Lipinski definition) is 3. The van der Waals surface area contributed by atoms with Crippen LogP contribution in [0.5, 0.6) is 0 Å². The van der Waals surface area contributed by atoms with E-state index in [1.54, 1.807) is 0 Å². The topological polar surface area (TPSA) is 57.8 Å². The SMILES string of the molecule is Cc1cc(-c2[nH]c3ccc(C(C)C(=O)CCC4CCCNC4)cc3c2C(C)C)ccn1. The molecule has 2 unspecified atom stereocenters. The number of aromatic amines is 1. The van der Waals surface area contributed by atoms with Gasteiger partial charge in [0.15, 0.2) is 0 Å². The zero-order valence-corrected chi connectivity index (χ0v) is 19.3. The van der Waals surface area contributed by atoms with Crippen molar-refractivity contribution in [2.24, 2.45) is 5.92 Å². The smallest absolute Gasteiger partial charge is 0.140 e. The first-order chi connectivity index (χ1) is 14.9. The van der Waals surface area contributed by atoms with Crippen molar-refractivity contribution < 1.29 is 4.79 Å². The summed E-state index contributed by atoms with van der Waals surface area (Å²) in [6, 6.07) is 10.7. The minimum atomic E-state index is -0.0671. The number of piperidine rings is 1. The van der Waals surface area contributed by atoms with Gasteiger partial charge in [-0.3, -0.25) is 9.78 Å². The molecule has 0 radical (unpaired) electrons. The number of nitrogens with zero attached hydrogens (tertiary/aromatic N) is 1. The molecule has 1 fully saturated rings. The van der Waals surface area contributed by atoms with Crippen LogP contribution in [-0.4, -0.2) is 28.8 Å². The number of pyridine rings is 1. The van der Waals surface area contributed by atoms with E-state index >= 15 is 0 Å². The van der Waals surface area contributed by atoms with Gasteiger partial charge in [-0.15, -0.1) is 0 Å². The van der Waals surface area contributed by atoms with E-state index in [1.165, 1.54) is 29.4 Å². The van der Waals surface area contributed by atoms with E-state index in [0.717, 1.165) is 42.0 Å². The minimum absolute atomic E-state index is 0.0671. The van der Waals surface area contributed by atoms with Crippen molar-refractivity contribution in [3.05, 3.63) is 53.3 Å². The molecule has 4 rings (SSSR count). The second kappa shape index (κ2) is 9.35. The Hall–Kier alpha value is -2.46. The number of aromatic nitrogens is 2. The van der Waals surface area contributed by atoms with Crippen LogP contribution >= 0.6 is 0 Å². The minimum Gasteiger partial charge on any atom is -0.354 e. The van der Waals surface area contributed by atoms with Crippen molar-refractivity contribution in [1.82, 2.24) is 15.3 Å². The van der Waals surface area contributed by atoms with Gasteiger partial charge in [-0.25, -0.2) is 0 Å². The summed E-state index contributed by atoms with van der Waals surface area (Å²) in [5.41, 5.74) is 6.91. The summed E-state index contributed by atoms with van der Waals surface area (Å²) in [7, 11) is 0. The fourth-order valence-electron chi connectivity index (χ4n) is 4.95. The highest BCUT2D eigenvalue weighted by Crippen LogP contribution is 2.37. The predicted octanol–water partition coefficient (Wildman–Crippen LogP) is 6.11. The summed E-state index contributed by atoms with van der Waals surface area (Å²) in [6.07, 6.45) is 6.03. The monoisotopic (exact) mass is 417 g/mol. The molecule has 3 heterocycles. The number of ketones is 1. The fourth-order valence-corrected chi connectivity index (χ4v) is 4.95. The lowest BCUT2D eigenvalue weighted by atomic mass is 9.88. The maximum absolute atomic E-state index is 13.0. The Kier molecular flexibility index (Phi) is 6.57. The van der Waals surface area contributed by atoms with Crippen molar-refractivity contribution in [3.63, 3.8) is 0 Å². The van der Waals surface area contributed by atoms with Crippen LogP contribution in [0.3, 0.4) is 0 Å². The Morgan fingerprint density at radius 2 is 2.03 bits per heavy atom. The molecule has 0 aliphatic carbocycles. The molecular formula is C27H35N3O. The van der Waals surface area contributed by atoms with Gasteiger partial charge in [0.2, 0.25) is 0 Å². The zero-order valence-electron chi connectivity index (χ0n) is 19.3. The summed E-state index contributed by atoms with van der Waals surface area (Å²) in [5.74, 6) is 1.31. The molecule has 164 valence electrons. The standard InChI is InChI=1S/C27H35N3O/c1-17(2)26-23-15-21(19(4)25(31)10-7-20-6-5-12-28-16-20)8-9-24(23)30-27(26)22-11-13-29-18(3)14-22/h8-9,11,13-15,17,19-20,28,30H,5-7,10,12,16H2,1-4H3. The van der Waals surface area contributed by atoms with Crippen molar-refractivity contribution in [3.8, 4) is 11.3 Å². The van der Waals surface area contributed by atoms with E-state index in [4.69, 9.17) is 0 Å². The molecule has 0 amide bonds. The molecule has 0 spiro atoms. The molecule has 2 N–H and O–H groups in total. The van der Waals surface area contributed by atoms with E-state index in [9.17, 15) is 4.79 Å². The second-order valence-corrected chi connectivity index (χ2v) is 9.50. The number of fused-ring (bicyclic) bond motifs is 1. The number of nitrogens with one attached hydrogen (secondary N) is 2. The third-order valence-electron chi connectivity index (χ3n) is 6.81. The van der Waals surface area contributed by atoms with E-state index in [-0.39, 0.29) is 5.92 Å².